The summed E-state index contributed by atoms with van der Waals surface area (Å²) in [6.45, 7) is 1.31. The van der Waals surface area contributed by atoms with Gasteiger partial charge < -0.3 is 0 Å². The summed E-state index contributed by atoms with van der Waals surface area (Å²) < 4.78 is 62.3. The molecule has 0 unspecified atom stereocenters. The van der Waals surface area contributed by atoms with Crippen molar-refractivity contribution >= 4 is 25.7 Å². The van der Waals surface area contributed by atoms with Gasteiger partial charge in [0.05, 0.1) is 17.7 Å². The normalized spacial score (nSPS) is 12.4. The predicted molar refractivity (Wildman–Crippen MR) is 71.4 cm³/mol. The summed E-state index contributed by atoms with van der Waals surface area (Å²) >= 11 is 0. The molecule has 1 aromatic rings. The van der Waals surface area contributed by atoms with Gasteiger partial charge in [0.15, 0.2) is 0 Å². The summed E-state index contributed by atoms with van der Waals surface area (Å²) in [6, 6.07) is 3.94. The van der Waals surface area contributed by atoms with Crippen LogP contribution < -0.4 is 9.44 Å². The quantitative estimate of drug-likeness (QED) is 0.797. The average molecular weight is 310 g/mol. The Hall–Kier alpha value is -1.19. The molecule has 6 nitrogen and oxygen atoms in total. The van der Waals surface area contributed by atoms with Crippen molar-refractivity contribution in [1.29, 1.82) is 0 Å². The van der Waals surface area contributed by atoms with E-state index in [1.807, 2.05) is 0 Å². The van der Waals surface area contributed by atoms with E-state index in [2.05, 4.69) is 9.44 Å². The van der Waals surface area contributed by atoms with Crippen molar-refractivity contribution in [2.24, 2.45) is 0 Å². The second-order valence-electron chi connectivity index (χ2n) is 4.05. The Bertz CT molecular complexity index is 656. The highest BCUT2D eigenvalue weighted by molar-refractivity contribution is 7.92. The molecule has 9 heteroatoms. The molecule has 0 aliphatic carbocycles. The van der Waals surface area contributed by atoms with Crippen LogP contribution in [0.1, 0.15) is 5.56 Å². The molecule has 0 aliphatic heterocycles. The number of nitrogens with one attached hydrogen (secondary N) is 2. The molecule has 0 bridgehead atoms. The molecule has 108 valence electrons. The van der Waals surface area contributed by atoms with Gasteiger partial charge in [-0.15, -0.1) is 0 Å². The topological polar surface area (TPSA) is 92.3 Å². The lowest BCUT2D eigenvalue weighted by atomic mass is 10.2. The number of hydrogen-bond donors (Lipinski definition) is 2. The lowest BCUT2D eigenvalue weighted by Gasteiger charge is -2.09. The van der Waals surface area contributed by atoms with Crippen LogP contribution in [0.4, 0.5) is 10.1 Å². The number of halogens is 1. The first-order chi connectivity index (χ1) is 8.59. The third kappa shape index (κ3) is 5.99. The van der Waals surface area contributed by atoms with Gasteiger partial charge in [0.25, 0.3) is 0 Å². The molecule has 0 atom stereocenters. The molecule has 0 fully saturated rings. The molecule has 0 radical (unpaired) electrons. The standard InChI is InChI=1S/C10H15FN2O4S2/c1-8-3-4-9(7-10(8)11)13-19(16,17)6-5-12-18(2,14)15/h3-4,7,12-13H,5-6H2,1-2H3. The Morgan fingerprint density at radius 3 is 2.37 bits per heavy atom. The van der Waals surface area contributed by atoms with Crippen LogP contribution in [-0.2, 0) is 20.0 Å². The molecule has 0 amide bonds. The fourth-order valence-electron chi connectivity index (χ4n) is 1.25. The smallest absolute Gasteiger partial charge is 0.234 e. The van der Waals surface area contributed by atoms with E-state index in [0.29, 0.717) is 5.56 Å². The molecule has 0 aliphatic rings. The zero-order chi connectivity index (χ0) is 14.7. The first-order valence-electron chi connectivity index (χ1n) is 5.30. The van der Waals surface area contributed by atoms with Crippen LogP contribution in [0.3, 0.4) is 0 Å². The molecule has 2 N–H and O–H groups in total. The summed E-state index contributed by atoms with van der Waals surface area (Å²) in [7, 11) is -7.16. The van der Waals surface area contributed by atoms with E-state index in [9.17, 15) is 21.2 Å². The second-order valence-corrected chi connectivity index (χ2v) is 7.73. The lowest BCUT2D eigenvalue weighted by molar-refractivity contribution is 0.587. The van der Waals surface area contributed by atoms with E-state index in [-0.39, 0.29) is 12.2 Å². The van der Waals surface area contributed by atoms with Crippen LogP contribution in [0.25, 0.3) is 0 Å². The van der Waals surface area contributed by atoms with E-state index in [4.69, 9.17) is 0 Å². The number of sulfonamides is 2. The average Bonchev–Trinajstić information content (AvgIpc) is 2.20. The number of aryl methyl sites for hydroxylation is 1. The number of benzene rings is 1. The van der Waals surface area contributed by atoms with Gasteiger partial charge in [-0.25, -0.2) is 25.9 Å². The van der Waals surface area contributed by atoms with Crippen LogP contribution in [-0.4, -0.2) is 35.4 Å². The van der Waals surface area contributed by atoms with Crippen molar-refractivity contribution in [1.82, 2.24) is 4.72 Å². The van der Waals surface area contributed by atoms with Crippen molar-refractivity contribution in [3.8, 4) is 0 Å². The van der Waals surface area contributed by atoms with Crippen molar-refractivity contribution in [2.75, 3.05) is 23.3 Å². The first-order valence-corrected chi connectivity index (χ1v) is 8.85. The van der Waals surface area contributed by atoms with Crippen molar-refractivity contribution < 1.29 is 21.2 Å². The number of rotatable bonds is 6. The van der Waals surface area contributed by atoms with Crippen molar-refractivity contribution in [3.63, 3.8) is 0 Å². The summed E-state index contributed by atoms with van der Waals surface area (Å²) in [5, 5.41) is 0. The van der Waals surface area contributed by atoms with Gasteiger partial charge >= 0.3 is 0 Å². The zero-order valence-electron chi connectivity index (χ0n) is 10.5. The Morgan fingerprint density at radius 1 is 1.21 bits per heavy atom. The van der Waals surface area contributed by atoms with E-state index >= 15 is 0 Å². The molecular formula is C10H15FN2O4S2. The molecule has 1 rings (SSSR count). The zero-order valence-corrected chi connectivity index (χ0v) is 12.1. The summed E-state index contributed by atoms with van der Waals surface area (Å²) in [5.74, 6) is -0.954. The molecular weight excluding hydrogens is 295 g/mol. The van der Waals surface area contributed by atoms with E-state index < -0.39 is 31.6 Å². The minimum absolute atomic E-state index is 0.0995. The third-order valence-corrected chi connectivity index (χ3v) is 4.20. The first kappa shape index (κ1) is 15.9. The fourth-order valence-corrected chi connectivity index (χ4v) is 2.81. The van der Waals surface area contributed by atoms with Gasteiger partial charge in [0, 0.05) is 6.54 Å². The van der Waals surface area contributed by atoms with Gasteiger partial charge in [-0.3, -0.25) is 4.72 Å². The Labute approximate surface area is 112 Å². The van der Waals surface area contributed by atoms with Crippen LogP contribution in [0.15, 0.2) is 18.2 Å². The monoisotopic (exact) mass is 310 g/mol. The summed E-state index contributed by atoms with van der Waals surface area (Å²) in [6.07, 6.45) is 0.933. The van der Waals surface area contributed by atoms with E-state index in [0.717, 1.165) is 12.3 Å². The van der Waals surface area contributed by atoms with E-state index in [1.165, 1.54) is 12.1 Å². The molecule has 0 heterocycles. The maximum Gasteiger partial charge on any atom is 0.234 e. The van der Waals surface area contributed by atoms with Crippen LogP contribution in [0, 0.1) is 12.7 Å². The lowest BCUT2D eigenvalue weighted by Crippen LogP contribution is -2.30. The van der Waals surface area contributed by atoms with Gasteiger partial charge in [-0.2, -0.15) is 0 Å². The molecule has 19 heavy (non-hydrogen) atoms. The molecule has 0 saturated carbocycles. The minimum Gasteiger partial charge on any atom is -0.283 e. The molecule has 0 saturated heterocycles. The molecule has 0 aromatic heterocycles. The summed E-state index contributed by atoms with van der Waals surface area (Å²) in [5.41, 5.74) is 0.504. The highest BCUT2D eigenvalue weighted by Crippen LogP contribution is 2.14. The third-order valence-electron chi connectivity index (χ3n) is 2.18. The Morgan fingerprint density at radius 2 is 1.84 bits per heavy atom. The maximum atomic E-state index is 13.2. The molecule has 0 spiro atoms. The van der Waals surface area contributed by atoms with Crippen LogP contribution >= 0.6 is 0 Å². The van der Waals surface area contributed by atoms with Crippen molar-refractivity contribution in [3.05, 3.63) is 29.6 Å². The fraction of sp³-hybridized carbons (Fsp3) is 0.400. The van der Waals surface area contributed by atoms with Gasteiger partial charge in [0.1, 0.15) is 5.82 Å². The van der Waals surface area contributed by atoms with Crippen molar-refractivity contribution in [2.45, 2.75) is 6.92 Å². The van der Waals surface area contributed by atoms with Gasteiger partial charge in [0.2, 0.25) is 20.0 Å². The molecule has 1 aromatic carbocycles. The highest BCUT2D eigenvalue weighted by Gasteiger charge is 2.12. The van der Waals surface area contributed by atoms with Gasteiger partial charge in [-0.05, 0) is 24.6 Å². The number of hydrogen-bond acceptors (Lipinski definition) is 4. The van der Waals surface area contributed by atoms with E-state index in [1.54, 1.807) is 6.92 Å². The Kier molecular flexibility index (Phi) is 4.88. The second kappa shape index (κ2) is 5.85. The maximum absolute atomic E-state index is 13.2. The SMILES string of the molecule is Cc1ccc(NS(=O)(=O)CCNS(C)(=O)=O)cc1F. The van der Waals surface area contributed by atoms with Gasteiger partial charge in [-0.1, -0.05) is 6.07 Å². The number of anilines is 1. The predicted octanol–water partition coefficient (Wildman–Crippen LogP) is 0.425. The largest absolute Gasteiger partial charge is 0.283 e. The highest BCUT2D eigenvalue weighted by atomic mass is 32.2. The Balaban J connectivity index is 2.66. The summed E-state index contributed by atoms with van der Waals surface area (Å²) in [4.78, 5) is 0. The van der Waals surface area contributed by atoms with Crippen LogP contribution in [0.5, 0.6) is 0 Å². The minimum atomic E-state index is -3.73. The van der Waals surface area contributed by atoms with Crippen LogP contribution in [0.2, 0.25) is 0 Å².